The first kappa shape index (κ1) is 9.47. The molecule has 1 rings (SSSR count). The van der Waals surface area contributed by atoms with Gasteiger partial charge in [0.05, 0.1) is 6.61 Å². The van der Waals surface area contributed by atoms with Crippen LogP contribution in [0.3, 0.4) is 0 Å². The van der Waals surface area contributed by atoms with Crippen LogP contribution in [0.1, 0.15) is 13.0 Å². The fourth-order valence-electron chi connectivity index (χ4n) is 0.590. The highest BCUT2D eigenvalue weighted by Gasteiger charge is 1.87. The maximum absolute atomic E-state index is 8.59. The van der Waals surface area contributed by atoms with Gasteiger partial charge in [0.1, 0.15) is 0 Å². The second-order valence-electron chi connectivity index (χ2n) is 1.78. The van der Waals surface area contributed by atoms with Crippen molar-refractivity contribution in [2.24, 2.45) is 0 Å². The first-order chi connectivity index (χ1) is 4.33. The van der Waals surface area contributed by atoms with Gasteiger partial charge in [-0.2, -0.15) is 0 Å². The summed E-state index contributed by atoms with van der Waals surface area (Å²) in [6, 6.07) is 7.10. The van der Waals surface area contributed by atoms with E-state index in [1.54, 1.807) is 24.3 Å². The zero-order valence-corrected chi connectivity index (χ0v) is 5.60. The summed E-state index contributed by atoms with van der Waals surface area (Å²) in [7, 11) is 0. The summed E-state index contributed by atoms with van der Waals surface area (Å²) >= 11 is 5.59. The molecule has 0 aliphatic rings. The first-order valence-corrected chi connectivity index (χ1v) is 3.06. The average molecular weight is 159 g/mol. The van der Waals surface area contributed by atoms with E-state index in [1.165, 1.54) is 0 Å². The predicted octanol–water partition coefficient (Wildman–Crippen LogP) is 2.47. The van der Waals surface area contributed by atoms with Gasteiger partial charge in [-0.3, -0.25) is 0 Å². The second-order valence-corrected chi connectivity index (χ2v) is 2.22. The van der Waals surface area contributed by atoms with Crippen molar-refractivity contribution >= 4 is 11.6 Å². The van der Waals surface area contributed by atoms with Crippen molar-refractivity contribution in [3.63, 3.8) is 0 Å². The van der Waals surface area contributed by atoms with Crippen LogP contribution in [0, 0.1) is 0 Å². The topological polar surface area (TPSA) is 20.2 Å². The molecule has 0 aliphatic carbocycles. The summed E-state index contributed by atoms with van der Waals surface area (Å²) < 4.78 is 0. The van der Waals surface area contributed by atoms with Crippen molar-refractivity contribution in [3.05, 3.63) is 34.9 Å². The Morgan fingerprint density at radius 3 is 2.10 bits per heavy atom. The number of hydrogen-bond donors (Lipinski definition) is 1. The molecule has 0 fully saturated rings. The summed E-state index contributed by atoms with van der Waals surface area (Å²) in [6.07, 6.45) is 0. The maximum Gasteiger partial charge on any atom is 0.0681 e. The molecule has 1 aromatic rings. The number of aliphatic hydroxyl groups excluding tert-OH is 1. The van der Waals surface area contributed by atoms with Gasteiger partial charge in [-0.15, -0.1) is 0 Å². The lowest BCUT2D eigenvalue weighted by atomic mass is 10.2. The van der Waals surface area contributed by atoms with Crippen LogP contribution < -0.4 is 0 Å². The minimum Gasteiger partial charge on any atom is -0.392 e. The first-order valence-electron chi connectivity index (χ1n) is 2.68. The Labute approximate surface area is 66.3 Å². The van der Waals surface area contributed by atoms with Crippen molar-refractivity contribution in [1.82, 2.24) is 0 Å². The molecule has 0 amide bonds. The molecule has 1 N–H and O–H groups in total. The minimum atomic E-state index is 0. The van der Waals surface area contributed by atoms with Crippen molar-refractivity contribution in [2.45, 2.75) is 14.0 Å². The minimum absolute atomic E-state index is 0. The molecule has 0 spiro atoms. The molecule has 0 unspecified atom stereocenters. The lowest BCUT2D eigenvalue weighted by Crippen LogP contribution is -1.79. The predicted molar refractivity (Wildman–Crippen MR) is 44.1 cm³/mol. The summed E-state index contributed by atoms with van der Waals surface area (Å²) in [4.78, 5) is 0. The van der Waals surface area contributed by atoms with Gasteiger partial charge in [0.25, 0.3) is 0 Å². The second kappa shape index (κ2) is 4.31. The molecular formula is C8H11ClO. The molecule has 1 nitrogen and oxygen atoms in total. The zero-order chi connectivity index (χ0) is 6.69. The molecular weight excluding hydrogens is 148 g/mol. The Morgan fingerprint density at radius 1 is 1.20 bits per heavy atom. The largest absolute Gasteiger partial charge is 0.392 e. The van der Waals surface area contributed by atoms with E-state index in [0.717, 1.165) is 5.56 Å². The number of hydrogen-bond acceptors (Lipinski definition) is 1. The van der Waals surface area contributed by atoms with Crippen LogP contribution in [-0.4, -0.2) is 5.11 Å². The van der Waals surface area contributed by atoms with Gasteiger partial charge in [0, 0.05) is 5.02 Å². The van der Waals surface area contributed by atoms with Crippen LogP contribution in [0.25, 0.3) is 0 Å². The van der Waals surface area contributed by atoms with Gasteiger partial charge in [-0.25, -0.2) is 0 Å². The van der Waals surface area contributed by atoms with Gasteiger partial charge in [0.15, 0.2) is 0 Å². The molecule has 0 aliphatic heterocycles. The number of aliphatic hydroxyl groups is 1. The van der Waals surface area contributed by atoms with Crippen molar-refractivity contribution in [1.29, 1.82) is 0 Å². The van der Waals surface area contributed by atoms with E-state index < -0.39 is 0 Å². The van der Waals surface area contributed by atoms with Gasteiger partial charge >= 0.3 is 0 Å². The molecule has 0 saturated heterocycles. The summed E-state index contributed by atoms with van der Waals surface area (Å²) in [5.41, 5.74) is 0.888. The van der Waals surface area contributed by atoms with Crippen LogP contribution in [0.4, 0.5) is 0 Å². The Hall–Kier alpha value is -0.530. The third-order valence-electron chi connectivity index (χ3n) is 1.10. The van der Waals surface area contributed by atoms with Crippen molar-refractivity contribution < 1.29 is 5.11 Å². The fraction of sp³-hybridized carbons (Fsp3) is 0.250. The summed E-state index contributed by atoms with van der Waals surface area (Å²) in [6.45, 7) is 0.0805. The van der Waals surface area contributed by atoms with Crippen LogP contribution in [0.15, 0.2) is 24.3 Å². The third kappa shape index (κ3) is 2.38. The molecule has 10 heavy (non-hydrogen) atoms. The average Bonchev–Trinajstić information content (AvgIpc) is 1.90. The highest BCUT2D eigenvalue weighted by molar-refractivity contribution is 6.30. The highest BCUT2D eigenvalue weighted by atomic mass is 35.5. The normalized spacial score (nSPS) is 8.60. The molecule has 0 bridgehead atoms. The van der Waals surface area contributed by atoms with E-state index in [2.05, 4.69) is 0 Å². The van der Waals surface area contributed by atoms with E-state index in [1.807, 2.05) is 0 Å². The number of rotatable bonds is 1. The van der Waals surface area contributed by atoms with Gasteiger partial charge in [-0.1, -0.05) is 31.2 Å². The molecule has 56 valence electrons. The number of halogens is 1. The lowest BCUT2D eigenvalue weighted by Gasteiger charge is -1.92. The maximum atomic E-state index is 8.59. The SMILES string of the molecule is C.OCc1ccc(Cl)cc1. The molecule has 0 atom stereocenters. The number of benzene rings is 1. The Bertz CT molecular complexity index is 181. The van der Waals surface area contributed by atoms with E-state index >= 15 is 0 Å². The van der Waals surface area contributed by atoms with Crippen LogP contribution in [-0.2, 0) is 6.61 Å². The summed E-state index contributed by atoms with van der Waals surface area (Å²) in [5, 5.41) is 9.29. The van der Waals surface area contributed by atoms with Gasteiger partial charge in [-0.05, 0) is 17.7 Å². The lowest BCUT2D eigenvalue weighted by molar-refractivity contribution is 0.282. The molecule has 2 heteroatoms. The molecule has 0 heterocycles. The highest BCUT2D eigenvalue weighted by Crippen LogP contribution is 2.08. The van der Waals surface area contributed by atoms with Crippen molar-refractivity contribution in [2.75, 3.05) is 0 Å². The van der Waals surface area contributed by atoms with Crippen LogP contribution in [0.5, 0.6) is 0 Å². The Kier molecular flexibility index (Phi) is 4.08. The van der Waals surface area contributed by atoms with E-state index in [4.69, 9.17) is 16.7 Å². The monoisotopic (exact) mass is 158 g/mol. The smallest absolute Gasteiger partial charge is 0.0681 e. The van der Waals surface area contributed by atoms with E-state index in [9.17, 15) is 0 Å². The van der Waals surface area contributed by atoms with Crippen LogP contribution >= 0.6 is 11.6 Å². The van der Waals surface area contributed by atoms with Gasteiger partial charge in [0.2, 0.25) is 0 Å². The molecule has 1 aromatic carbocycles. The zero-order valence-electron chi connectivity index (χ0n) is 4.84. The Morgan fingerprint density at radius 2 is 1.70 bits per heavy atom. The Balaban J connectivity index is 0.000000810. The fourth-order valence-corrected chi connectivity index (χ4v) is 0.716. The summed E-state index contributed by atoms with van der Waals surface area (Å²) in [5.74, 6) is 0. The third-order valence-corrected chi connectivity index (χ3v) is 1.35. The quantitative estimate of drug-likeness (QED) is 0.666. The molecule has 0 aromatic heterocycles. The molecule has 0 saturated carbocycles. The van der Waals surface area contributed by atoms with E-state index in [-0.39, 0.29) is 14.0 Å². The molecule has 0 radical (unpaired) electrons. The van der Waals surface area contributed by atoms with Crippen LogP contribution in [0.2, 0.25) is 5.02 Å². The van der Waals surface area contributed by atoms with Gasteiger partial charge < -0.3 is 5.11 Å². The van der Waals surface area contributed by atoms with Crippen molar-refractivity contribution in [3.8, 4) is 0 Å². The van der Waals surface area contributed by atoms with E-state index in [0.29, 0.717) is 5.02 Å². The standard InChI is InChI=1S/C7H7ClO.CH4/c8-7-3-1-6(5-9)2-4-7;/h1-4,9H,5H2;1H4.